The molecule has 0 spiro atoms. The second-order valence-electron chi connectivity index (χ2n) is 8.45. The molecule has 2 heterocycles. The zero-order valence-corrected chi connectivity index (χ0v) is 17.5. The van der Waals surface area contributed by atoms with E-state index in [-0.39, 0.29) is 30.4 Å². The number of likely N-dealkylation sites (tertiary alicyclic amines) is 2. The molecular weight excluding hydrogens is 440 g/mol. The molecule has 0 aliphatic carbocycles. The van der Waals surface area contributed by atoms with Crippen LogP contribution in [0.1, 0.15) is 43.2 Å². The Balaban J connectivity index is 1.58. The first-order valence-electron chi connectivity index (χ1n) is 10.4. The first-order chi connectivity index (χ1) is 14.8. The summed E-state index contributed by atoms with van der Waals surface area (Å²) in [5.74, 6) is -0.692. The molecule has 1 unspecified atom stereocenters. The SMILES string of the molecule is CN1CCCC1C(=O)N1CCC(CC(=O)Nc2cc(C(F)(F)F)cc(C(F)(F)F)c2)CC1. The molecule has 32 heavy (non-hydrogen) atoms. The van der Waals surface area contributed by atoms with Crippen molar-refractivity contribution in [2.45, 2.75) is 50.5 Å². The number of carbonyl (C=O) groups is 2. The van der Waals surface area contributed by atoms with Gasteiger partial charge in [-0.05, 0) is 63.4 Å². The number of amides is 2. The third-order valence-electron chi connectivity index (χ3n) is 6.08. The van der Waals surface area contributed by atoms with Gasteiger partial charge in [0, 0.05) is 25.2 Å². The molecule has 2 amide bonds. The van der Waals surface area contributed by atoms with Gasteiger partial charge in [0.1, 0.15) is 0 Å². The molecule has 11 heteroatoms. The van der Waals surface area contributed by atoms with Crippen LogP contribution in [0.15, 0.2) is 18.2 Å². The summed E-state index contributed by atoms with van der Waals surface area (Å²) in [5.41, 5.74) is -3.51. The highest BCUT2D eigenvalue weighted by molar-refractivity contribution is 5.91. The van der Waals surface area contributed by atoms with Gasteiger partial charge in [-0.1, -0.05) is 0 Å². The van der Waals surface area contributed by atoms with E-state index in [0.717, 1.165) is 19.4 Å². The van der Waals surface area contributed by atoms with Gasteiger partial charge in [0.05, 0.1) is 17.2 Å². The number of piperidine rings is 1. The van der Waals surface area contributed by atoms with Crippen molar-refractivity contribution >= 4 is 17.5 Å². The Labute approximate surface area is 181 Å². The maximum absolute atomic E-state index is 13.0. The minimum atomic E-state index is -4.98. The van der Waals surface area contributed by atoms with Crippen LogP contribution in [-0.4, -0.2) is 54.3 Å². The van der Waals surface area contributed by atoms with Crippen molar-refractivity contribution in [3.63, 3.8) is 0 Å². The average Bonchev–Trinajstić information content (AvgIpc) is 3.12. The molecule has 0 bridgehead atoms. The van der Waals surface area contributed by atoms with Gasteiger partial charge >= 0.3 is 12.4 Å². The van der Waals surface area contributed by atoms with Crippen molar-refractivity contribution in [2.75, 3.05) is 32.0 Å². The summed E-state index contributed by atoms with van der Waals surface area (Å²) in [6, 6.07) is 0.877. The van der Waals surface area contributed by atoms with Gasteiger partial charge < -0.3 is 10.2 Å². The quantitative estimate of drug-likeness (QED) is 0.672. The second-order valence-corrected chi connectivity index (χ2v) is 8.45. The standard InChI is InChI=1S/C21H25F6N3O2/c1-29-6-2-3-17(29)19(32)30-7-4-13(5-8-30)9-18(31)28-16-11-14(20(22,23)24)10-15(12-16)21(25,26)27/h10-13,17H,2-9H2,1H3,(H,28,31). The normalized spacial score (nSPS) is 21.1. The molecule has 1 aromatic rings. The monoisotopic (exact) mass is 465 g/mol. The average molecular weight is 465 g/mol. The molecule has 0 aromatic heterocycles. The van der Waals surface area contributed by atoms with Crippen molar-refractivity contribution < 1.29 is 35.9 Å². The largest absolute Gasteiger partial charge is 0.416 e. The highest BCUT2D eigenvalue weighted by Crippen LogP contribution is 2.37. The molecule has 0 radical (unpaired) electrons. The van der Waals surface area contributed by atoms with Crippen LogP contribution in [0.4, 0.5) is 32.0 Å². The van der Waals surface area contributed by atoms with E-state index in [9.17, 15) is 35.9 Å². The minimum absolute atomic E-state index is 0.0180. The summed E-state index contributed by atoms with van der Waals surface area (Å²) < 4.78 is 77.8. The summed E-state index contributed by atoms with van der Waals surface area (Å²) in [7, 11) is 1.91. The Morgan fingerprint density at radius 1 is 0.938 bits per heavy atom. The lowest BCUT2D eigenvalue weighted by atomic mass is 9.92. The van der Waals surface area contributed by atoms with E-state index >= 15 is 0 Å². The van der Waals surface area contributed by atoms with Crippen LogP contribution in [0.2, 0.25) is 0 Å². The van der Waals surface area contributed by atoms with Gasteiger partial charge in [0.25, 0.3) is 0 Å². The predicted octanol–water partition coefficient (Wildman–Crippen LogP) is 4.39. The lowest BCUT2D eigenvalue weighted by Gasteiger charge is -2.34. The van der Waals surface area contributed by atoms with Crippen molar-refractivity contribution in [3.05, 3.63) is 29.3 Å². The zero-order valence-electron chi connectivity index (χ0n) is 17.5. The molecule has 1 N–H and O–H groups in total. The number of carbonyl (C=O) groups excluding carboxylic acids is 2. The van der Waals surface area contributed by atoms with E-state index in [4.69, 9.17) is 0 Å². The molecule has 5 nitrogen and oxygen atoms in total. The Morgan fingerprint density at radius 3 is 1.97 bits per heavy atom. The molecule has 2 aliphatic heterocycles. The topological polar surface area (TPSA) is 52.7 Å². The van der Waals surface area contributed by atoms with Gasteiger partial charge in [0.15, 0.2) is 0 Å². The van der Waals surface area contributed by atoms with Crippen molar-refractivity contribution in [1.82, 2.24) is 9.80 Å². The summed E-state index contributed by atoms with van der Waals surface area (Å²) >= 11 is 0. The molecule has 3 rings (SSSR count). The van der Waals surface area contributed by atoms with Crippen LogP contribution in [0.5, 0.6) is 0 Å². The second kappa shape index (κ2) is 9.29. The number of halogens is 6. The number of likely N-dealkylation sites (N-methyl/N-ethyl adjacent to an activating group) is 1. The maximum Gasteiger partial charge on any atom is 0.416 e. The summed E-state index contributed by atoms with van der Waals surface area (Å²) in [6.07, 6.45) is -7.12. The van der Waals surface area contributed by atoms with Crippen molar-refractivity contribution in [2.24, 2.45) is 5.92 Å². The van der Waals surface area contributed by atoms with Crippen molar-refractivity contribution in [1.29, 1.82) is 0 Å². The van der Waals surface area contributed by atoms with Crippen LogP contribution >= 0.6 is 0 Å². The van der Waals surface area contributed by atoms with Crippen LogP contribution < -0.4 is 5.32 Å². The molecular formula is C21H25F6N3O2. The summed E-state index contributed by atoms with van der Waals surface area (Å²) in [4.78, 5) is 28.7. The smallest absolute Gasteiger partial charge is 0.341 e. The van der Waals surface area contributed by atoms with Crippen LogP contribution in [0, 0.1) is 5.92 Å². The van der Waals surface area contributed by atoms with E-state index in [1.54, 1.807) is 4.90 Å². The number of benzene rings is 1. The highest BCUT2D eigenvalue weighted by atomic mass is 19.4. The highest BCUT2D eigenvalue weighted by Gasteiger charge is 2.37. The molecule has 1 atom stereocenters. The van der Waals surface area contributed by atoms with E-state index < -0.39 is 35.1 Å². The fourth-order valence-corrected chi connectivity index (χ4v) is 4.29. The molecule has 1 aromatic carbocycles. The molecule has 178 valence electrons. The van der Waals surface area contributed by atoms with E-state index in [2.05, 4.69) is 5.32 Å². The molecule has 2 aliphatic rings. The number of alkyl halides is 6. The first-order valence-corrected chi connectivity index (χ1v) is 10.4. The van der Waals surface area contributed by atoms with Gasteiger partial charge in [-0.15, -0.1) is 0 Å². The Bertz CT molecular complexity index is 815. The van der Waals surface area contributed by atoms with Gasteiger partial charge in [-0.2, -0.15) is 26.3 Å². The lowest BCUT2D eigenvalue weighted by molar-refractivity contribution is -0.143. The Morgan fingerprint density at radius 2 is 1.50 bits per heavy atom. The number of nitrogens with zero attached hydrogens (tertiary/aromatic N) is 2. The fraction of sp³-hybridized carbons (Fsp3) is 0.619. The van der Waals surface area contributed by atoms with Crippen LogP contribution in [0.3, 0.4) is 0 Å². The lowest BCUT2D eigenvalue weighted by Crippen LogP contribution is -2.47. The minimum Gasteiger partial charge on any atom is -0.341 e. The summed E-state index contributed by atoms with van der Waals surface area (Å²) in [5, 5.41) is 2.17. The number of nitrogens with one attached hydrogen (secondary N) is 1. The maximum atomic E-state index is 13.0. The summed E-state index contributed by atoms with van der Waals surface area (Å²) in [6.45, 7) is 1.82. The van der Waals surface area contributed by atoms with E-state index in [1.807, 2.05) is 11.9 Å². The molecule has 0 saturated carbocycles. The molecule has 2 saturated heterocycles. The van der Waals surface area contributed by atoms with Crippen molar-refractivity contribution in [3.8, 4) is 0 Å². The third kappa shape index (κ3) is 5.93. The van der Waals surface area contributed by atoms with Gasteiger partial charge in [-0.3, -0.25) is 14.5 Å². The van der Waals surface area contributed by atoms with Crippen LogP contribution in [-0.2, 0) is 21.9 Å². The number of hydrogen-bond donors (Lipinski definition) is 1. The third-order valence-corrected chi connectivity index (χ3v) is 6.08. The Hall–Kier alpha value is -2.30. The number of anilines is 1. The fourth-order valence-electron chi connectivity index (χ4n) is 4.29. The first kappa shape index (κ1) is 24.3. The Kier molecular flexibility index (Phi) is 7.06. The van der Waals surface area contributed by atoms with E-state index in [0.29, 0.717) is 38.1 Å². The number of hydrogen-bond acceptors (Lipinski definition) is 3. The zero-order chi connectivity index (χ0) is 23.7. The van der Waals surface area contributed by atoms with Gasteiger partial charge in [-0.25, -0.2) is 0 Å². The van der Waals surface area contributed by atoms with E-state index in [1.165, 1.54) is 0 Å². The van der Waals surface area contributed by atoms with Gasteiger partial charge in [0.2, 0.25) is 11.8 Å². The number of rotatable bonds is 4. The predicted molar refractivity (Wildman–Crippen MR) is 105 cm³/mol. The molecule has 2 fully saturated rings. The van der Waals surface area contributed by atoms with Crippen LogP contribution in [0.25, 0.3) is 0 Å².